The van der Waals surface area contributed by atoms with Crippen LogP contribution in [0.4, 0.5) is 0 Å². The van der Waals surface area contributed by atoms with E-state index in [4.69, 9.17) is 4.52 Å². The van der Waals surface area contributed by atoms with E-state index in [1.54, 1.807) is 11.1 Å². The Labute approximate surface area is 151 Å². The van der Waals surface area contributed by atoms with Crippen molar-refractivity contribution in [2.75, 3.05) is 24.6 Å². The molecule has 0 N–H and O–H groups in total. The smallest absolute Gasteiger partial charge is 0.276 e. The molecular weight excluding hydrogens is 358 g/mol. The molecule has 9 nitrogen and oxygen atoms in total. The first-order chi connectivity index (χ1) is 12.5. The summed E-state index contributed by atoms with van der Waals surface area (Å²) in [6, 6.07) is 0.903. The van der Waals surface area contributed by atoms with Gasteiger partial charge in [-0.15, -0.1) is 0 Å². The van der Waals surface area contributed by atoms with Gasteiger partial charge in [-0.1, -0.05) is 5.16 Å². The lowest BCUT2D eigenvalue weighted by atomic mass is 10.0. The van der Waals surface area contributed by atoms with E-state index in [0.29, 0.717) is 19.6 Å². The molecule has 2 aliphatic rings. The minimum atomic E-state index is -3.20. The summed E-state index contributed by atoms with van der Waals surface area (Å²) in [4.78, 5) is 20.9. The van der Waals surface area contributed by atoms with Gasteiger partial charge in [0.25, 0.3) is 5.91 Å². The number of fused-ring (bicyclic) bond motifs is 1. The van der Waals surface area contributed by atoms with Crippen LogP contribution in [0.15, 0.2) is 29.2 Å². The summed E-state index contributed by atoms with van der Waals surface area (Å²) in [7, 11) is -3.20. The van der Waals surface area contributed by atoms with Gasteiger partial charge < -0.3 is 14.0 Å². The van der Waals surface area contributed by atoms with Crippen molar-refractivity contribution in [3.63, 3.8) is 0 Å². The molecule has 1 amide bonds. The van der Waals surface area contributed by atoms with Crippen molar-refractivity contribution >= 4 is 15.7 Å². The predicted octanol–water partition coefficient (Wildman–Crippen LogP) is 0.0146. The number of aryl methyl sites for hydroxylation is 1. The predicted molar refractivity (Wildman–Crippen MR) is 92.1 cm³/mol. The van der Waals surface area contributed by atoms with Crippen LogP contribution in [0, 0.1) is 0 Å². The van der Waals surface area contributed by atoms with E-state index in [9.17, 15) is 13.2 Å². The van der Waals surface area contributed by atoms with Crippen LogP contribution in [0.2, 0.25) is 0 Å². The molecule has 0 spiro atoms. The van der Waals surface area contributed by atoms with E-state index in [1.165, 1.54) is 12.3 Å². The summed E-state index contributed by atoms with van der Waals surface area (Å²) in [5.74, 6) is 0.681. The van der Waals surface area contributed by atoms with Crippen LogP contribution < -0.4 is 0 Å². The van der Waals surface area contributed by atoms with Gasteiger partial charge in [-0.2, -0.15) is 0 Å². The fourth-order valence-electron chi connectivity index (χ4n) is 3.90. The third-order valence-electron chi connectivity index (χ3n) is 5.20. The van der Waals surface area contributed by atoms with Crippen molar-refractivity contribution < 1.29 is 17.7 Å². The Morgan fingerprint density at radius 1 is 1.31 bits per heavy atom. The van der Waals surface area contributed by atoms with Gasteiger partial charge in [-0.05, 0) is 6.92 Å². The van der Waals surface area contributed by atoms with Crippen LogP contribution in [0.5, 0.6) is 0 Å². The van der Waals surface area contributed by atoms with Crippen molar-refractivity contribution in [1.29, 1.82) is 0 Å². The molecule has 0 saturated carbocycles. The van der Waals surface area contributed by atoms with Crippen LogP contribution in [-0.2, 0) is 22.9 Å². The maximum Gasteiger partial charge on any atom is 0.276 e. The molecule has 2 aliphatic heterocycles. The minimum absolute atomic E-state index is 0.0139. The van der Waals surface area contributed by atoms with E-state index in [2.05, 4.69) is 15.0 Å². The maximum absolute atomic E-state index is 12.7. The Kier molecular flexibility index (Phi) is 4.31. The first-order valence-corrected chi connectivity index (χ1v) is 10.5. The number of hydrogen-bond acceptors (Lipinski definition) is 7. The quantitative estimate of drug-likeness (QED) is 0.738. The summed E-state index contributed by atoms with van der Waals surface area (Å²) in [5, 5.41) is 3.70. The van der Waals surface area contributed by atoms with Gasteiger partial charge in [-0.3, -0.25) is 9.69 Å². The van der Waals surface area contributed by atoms with Crippen LogP contribution in [0.1, 0.15) is 23.2 Å². The number of carbonyl (C=O) groups excluding carboxylic acids is 1. The molecule has 10 heteroatoms. The minimum Gasteiger partial charge on any atom is -0.364 e. The summed E-state index contributed by atoms with van der Waals surface area (Å²) in [5.41, 5.74) is 0.211. The number of aromatic nitrogens is 3. The molecule has 0 unspecified atom stereocenters. The fraction of sp³-hybridized carbons (Fsp3) is 0.562. The zero-order valence-corrected chi connectivity index (χ0v) is 15.3. The van der Waals surface area contributed by atoms with Gasteiger partial charge in [0.15, 0.2) is 15.5 Å². The molecule has 2 aromatic heterocycles. The van der Waals surface area contributed by atoms with Crippen LogP contribution in [-0.4, -0.2) is 75.5 Å². The highest BCUT2D eigenvalue weighted by Gasteiger charge is 2.48. The number of hydrogen-bond donors (Lipinski definition) is 0. The highest BCUT2D eigenvalue weighted by Crippen LogP contribution is 2.29. The molecule has 2 aromatic rings. The highest BCUT2D eigenvalue weighted by atomic mass is 32.2. The molecule has 2 saturated heterocycles. The molecule has 2 fully saturated rings. The monoisotopic (exact) mass is 379 g/mol. The summed E-state index contributed by atoms with van der Waals surface area (Å²) < 4.78 is 31.4. The second kappa shape index (κ2) is 6.51. The number of piperazine rings is 1. The number of amides is 1. The molecule has 0 radical (unpaired) electrons. The molecular formula is C16H21N5O4S. The fourth-order valence-corrected chi connectivity index (χ4v) is 5.92. The molecule has 0 bridgehead atoms. The van der Waals surface area contributed by atoms with Crippen molar-refractivity contribution in [3.8, 4) is 0 Å². The Morgan fingerprint density at radius 2 is 2.12 bits per heavy atom. The van der Waals surface area contributed by atoms with Crippen molar-refractivity contribution in [3.05, 3.63) is 36.2 Å². The third-order valence-corrected chi connectivity index (χ3v) is 6.89. The number of imidazole rings is 1. The molecule has 0 aliphatic carbocycles. The molecule has 2 atom stereocenters. The van der Waals surface area contributed by atoms with Gasteiger partial charge in [0.05, 0.1) is 24.1 Å². The zero-order valence-electron chi connectivity index (χ0n) is 14.5. The lowest BCUT2D eigenvalue weighted by Gasteiger charge is -2.43. The van der Waals surface area contributed by atoms with E-state index in [0.717, 1.165) is 12.4 Å². The first kappa shape index (κ1) is 17.2. The van der Waals surface area contributed by atoms with E-state index in [-0.39, 0.29) is 35.2 Å². The normalized spacial score (nSPS) is 25.3. The van der Waals surface area contributed by atoms with Crippen molar-refractivity contribution in [2.24, 2.45) is 0 Å². The maximum atomic E-state index is 12.7. The summed E-state index contributed by atoms with van der Waals surface area (Å²) >= 11 is 0. The number of nitrogens with zero attached hydrogens (tertiary/aromatic N) is 5. The zero-order chi connectivity index (χ0) is 18.3. The largest absolute Gasteiger partial charge is 0.364 e. The molecule has 4 heterocycles. The van der Waals surface area contributed by atoms with Gasteiger partial charge in [0.2, 0.25) is 0 Å². The van der Waals surface area contributed by atoms with Gasteiger partial charge >= 0.3 is 0 Å². The Morgan fingerprint density at radius 3 is 2.85 bits per heavy atom. The second-order valence-corrected chi connectivity index (χ2v) is 8.85. The van der Waals surface area contributed by atoms with Crippen molar-refractivity contribution in [2.45, 2.75) is 32.1 Å². The standard InChI is InChI=1S/C16H21N5O4S/c1-2-19-5-4-17-15(19)9-20-6-7-21(16(22)12-3-8-25-18-12)14-11-26(23,24)10-13(14)20/h3-5,8,13-14H,2,6-7,9-11H2,1H3/t13-,14+/m1/s1. The van der Waals surface area contributed by atoms with E-state index >= 15 is 0 Å². The Bertz CT molecular complexity index is 892. The average molecular weight is 379 g/mol. The Hall–Kier alpha value is -2.20. The van der Waals surface area contributed by atoms with Gasteiger partial charge in [0, 0.05) is 44.1 Å². The van der Waals surface area contributed by atoms with Gasteiger partial charge in [-0.25, -0.2) is 13.4 Å². The van der Waals surface area contributed by atoms with Crippen LogP contribution in [0.3, 0.4) is 0 Å². The SMILES string of the molecule is CCn1ccnc1CN1CCN(C(=O)c2ccon2)[C@H]2CS(=O)(=O)C[C@H]21. The first-order valence-electron chi connectivity index (χ1n) is 8.64. The number of rotatable bonds is 4. The summed E-state index contributed by atoms with van der Waals surface area (Å²) in [6.45, 7) is 4.48. The highest BCUT2D eigenvalue weighted by molar-refractivity contribution is 7.91. The van der Waals surface area contributed by atoms with Crippen LogP contribution >= 0.6 is 0 Å². The second-order valence-electron chi connectivity index (χ2n) is 6.69. The van der Waals surface area contributed by atoms with Gasteiger partial charge in [0.1, 0.15) is 12.1 Å². The topological polar surface area (TPSA) is 102 Å². The summed E-state index contributed by atoms with van der Waals surface area (Å²) in [6.07, 6.45) is 5.02. The van der Waals surface area contributed by atoms with E-state index in [1.807, 2.05) is 17.7 Å². The number of sulfone groups is 1. The average Bonchev–Trinajstić information content (AvgIpc) is 3.32. The van der Waals surface area contributed by atoms with Crippen molar-refractivity contribution in [1.82, 2.24) is 24.5 Å². The lowest BCUT2D eigenvalue weighted by Crippen LogP contribution is -2.60. The molecule has 0 aromatic carbocycles. The van der Waals surface area contributed by atoms with Crippen LogP contribution in [0.25, 0.3) is 0 Å². The molecule has 140 valence electrons. The third kappa shape index (κ3) is 3.03. The molecule has 26 heavy (non-hydrogen) atoms. The Balaban J connectivity index is 1.59. The number of carbonyl (C=O) groups is 1. The molecule has 4 rings (SSSR count). The van der Waals surface area contributed by atoms with E-state index < -0.39 is 9.84 Å². The lowest BCUT2D eigenvalue weighted by molar-refractivity contribution is 0.0287.